The minimum absolute atomic E-state index is 0.441. The van der Waals surface area contributed by atoms with Gasteiger partial charge in [0, 0.05) is 12.8 Å². The van der Waals surface area contributed by atoms with Gasteiger partial charge < -0.3 is 0 Å². The Labute approximate surface area is 68.5 Å². The summed E-state index contributed by atoms with van der Waals surface area (Å²) in [5, 5.41) is 0. The summed E-state index contributed by atoms with van der Waals surface area (Å²) in [6.45, 7) is 0. The quantitative estimate of drug-likeness (QED) is 0.488. The predicted molar refractivity (Wildman–Crippen MR) is 46.5 cm³/mol. The van der Waals surface area contributed by atoms with E-state index in [4.69, 9.17) is 0 Å². The maximum Gasteiger partial charge on any atom is 0.133 e. The molecule has 1 aliphatic rings. The fourth-order valence-corrected chi connectivity index (χ4v) is 1.37. The molecule has 0 aromatic heterocycles. The van der Waals surface area contributed by atoms with Crippen LogP contribution < -0.4 is 0 Å². The fourth-order valence-electron chi connectivity index (χ4n) is 1.37. The molecule has 0 fully saturated rings. The molecule has 1 rings (SSSR count). The molecular weight excluding hydrogens is 136 g/mol. The van der Waals surface area contributed by atoms with E-state index in [1.807, 2.05) is 0 Å². The Bertz CT molecular complexity index is 147. The molecule has 0 unspecified atom stereocenters. The van der Waals surface area contributed by atoms with Crippen LogP contribution in [0.3, 0.4) is 0 Å². The molecular formula is C10H16O. The van der Waals surface area contributed by atoms with Gasteiger partial charge in [-0.1, -0.05) is 18.6 Å². The maximum atomic E-state index is 11.1. The molecule has 0 saturated carbocycles. The largest absolute Gasteiger partial charge is 0.300 e. The average molecular weight is 152 g/mol. The second kappa shape index (κ2) is 5.11. The Balaban J connectivity index is 2.29. The summed E-state index contributed by atoms with van der Waals surface area (Å²) >= 11 is 0. The van der Waals surface area contributed by atoms with Crippen LogP contribution in [0.15, 0.2) is 12.2 Å². The molecule has 0 aromatic rings. The van der Waals surface area contributed by atoms with Crippen LogP contribution in [0.1, 0.15) is 44.9 Å². The lowest BCUT2D eigenvalue weighted by molar-refractivity contribution is -0.119. The Hall–Kier alpha value is -0.590. The molecule has 0 atom stereocenters. The maximum absolute atomic E-state index is 11.1. The molecule has 11 heavy (non-hydrogen) atoms. The first-order chi connectivity index (χ1) is 5.39. The zero-order valence-corrected chi connectivity index (χ0v) is 7.01. The van der Waals surface area contributed by atoms with Crippen LogP contribution in [0.2, 0.25) is 0 Å². The average Bonchev–Trinajstić information content (AvgIpc) is 2.03. The van der Waals surface area contributed by atoms with Crippen molar-refractivity contribution in [1.29, 1.82) is 0 Å². The van der Waals surface area contributed by atoms with E-state index >= 15 is 0 Å². The molecule has 0 aliphatic heterocycles. The Kier molecular flexibility index (Phi) is 3.95. The highest BCUT2D eigenvalue weighted by Gasteiger charge is 2.00. The van der Waals surface area contributed by atoms with Crippen molar-refractivity contribution in [2.45, 2.75) is 44.9 Å². The van der Waals surface area contributed by atoms with Crippen LogP contribution >= 0.6 is 0 Å². The van der Waals surface area contributed by atoms with Crippen molar-refractivity contribution >= 4 is 5.78 Å². The minimum Gasteiger partial charge on any atom is -0.300 e. The van der Waals surface area contributed by atoms with Crippen LogP contribution in [0.4, 0.5) is 0 Å². The molecule has 0 N–H and O–H groups in total. The van der Waals surface area contributed by atoms with E-state index in [1.54, 1.807) is 0 Å². The highest BCUT2D eigenvalue weighted by molar-refractivity contribution is 5.78. The molecule has 0 saturated heterocycles. The summed E-state index contributed by atoms with van der Waals surface area (Å²) in [6.07, 6.45) is 11.7. The highest BCUT2D eigenvalue weighted by Crippen LogP contribution is 2.09. The highest BCUT2D eigenvalue weighted by atomic mass is 16.1. The van der Waals surface area contributed by atoms with Crippen molar-refractivity contribution in [3.63, 3.8) is 0 Å². The second-order valence-corrected chi connectivity index (χ2v) is 3.15. The molecule has 1 aliphatic carbocycles. The van der Waals surface area contributed by atoms with Crippen molar-refractivity contribution in [3.05, 3.63) is 12.2 Å². The first-order valence-electron chi connectivity index (χ1n) is 4.56. The minimum atomic E-state index is 0.441. The van der Waals surface area contributed by atoms with Gasteiger partial charge in [0.25, 0.3) is 0 Å². The Morgan fingerprint density at radius 1 is 0.909 bits per heavy atom. The summed E-state index contributed by atoms with van der Waals surface area (Å²) < 4.78 is 0. The first kappa shape index (κ1) is 8.51. The monoisotopic (exact) mass is 152 g/mol. The molecule has 0 radical (unpaired) electrons. The number of ketones is 1. The number of carbonyl (C=O) groups excluding carboxylic acids is 1. The Morgan fingerprint density at radius 3 is 2.64 bits per heavy atom. The number of allylic oxidation sites excluding steroid dienone is 2. The lowest BCUT2D eigenvalue weighted by atomic mass is 10.0. The third-order valence-corrected chi connectivity index (χ3v) is 2.08. The Morgan fingerprint density at radius 2 is 1.73 bits per heavy atom. The lowest BCUT2D eigenvalue weighted by Gasteiger charge is -2.01. The lowest BCUT2D eigenvalue weighted by Crippen LogP contribution is -1.97. The van der Waals surface area contributed by atoms with Crippen molar-refractivity contribution in [2.75, 3.05) is 0 Å². The van der Waals surface area contributed by atoms with Crippen LogP contribution in [0.25, 0.3) is 0 Å². The van der Waals surface area contributed by atoms with Crippen LogP contribution in [0, 0.1) is 0 Å². The fraction of sp³-hybridized carbons (Fsp3) is 0.700. The van der Waals surface area contributed by atoms with Gasteiger partial charge in [-0.3, -0.25) is 4.79 Å². The van der Waals surface area contributed by atoms with E-state index in [9.17, 15) is 4.79 Å². The van der Waals surface area contributed by atoms with Gasteiger partial charge >= 0.3 is 0 Å². The summed E-state index contributed by atoms with van der Waals surface area (Å²) in [5.74, 6) is 0.441. The summed E-state index contributed by atoms with van der Waals surface area (Å²) in [6, 6.07) is 0. The molecule has 0 spiro atoms. The molecule has 0 bridgehead atoms. The standard InChI is InChI=1S/C10H16O/c11-10-8-6-4-2-1-3-5-7-9-10/h2,4H,1,3,5-9H2/b4-2-. The van der Waals surface area contributed by atoms with Crippen LogP contribution in [-0.4, -0.2) is 5.78 Å². The summed E-state index contributed by atoms with van der Waals surface area (Å²) in [7, 11) is 0. The molecule has 62 valence electrons. The molecule has 0 heterocycles. The van der Waals surface area contributed by atoms with Gasteiger partial charge in [-0.15, -0.1) is 0 Å². The SMILES string of the molecule is O=C1CC/C=C\CCCCC1. The summed E-state index contributed by atoms with van der Waals surface area (Å²) in [4.78, 5) is 11.1. The van der Waals surface area contributed by atoms with Gasteiger partial charge in [-0.05, 0) is 25.7 Å². The zero-order chi connectivity index (χ0) is 7.94. The number of carbonyl (C=O) groups is 1. The third kappa shape index (κ3) is 3.97. The topological polar surface area (TPSA) is 17.1 Å². The normalized spacial score (nSPS) is 24.5. The smallest absolute Gasteiger partial charge is 0.133 e. The van der Waals surface area contributed by atoms with Gasteiger partial charge in [0.05, 0.1) is 0 Å². The van der Waals surface area contributed by atoms with Crippen molar-refractivity contribution in [1.82, 2.24) is 0 Å². The second-order valence-electron chi connectivity index (χ2n) is 3.15. The molecule has 1 heteroatoms. The van der Waals surface area contributed by atoms with Gasteiger partial charge in [-0.2, -0.15) is 0 Å². The van der Waals surface area contributed by atoms with Crippen molar-refractivity contribution in [3.8, 4) is 0 Å². The van der Waals surface area contributed by atoms with E-state index in [-0.39, 0.29) is 0 Å². The number of Topliss-reactive ketones (excluding diaryl/α,β-unsaturated/α-hetero) is 1. The van der Waals surface area contributed by atoms with E-state index in [0.717, 1.165) is 25.7 Å². The number of hydrogen-bond acceptors (Lipinski definition) is 1. The molecule has 1 nitrogen and oxygen atoms in total. The van der Waals surface area contributed by atoms with E-state index in [1.165, 1.54) is 19.3 Å². The van der Waals surface area contributed by atoms with Gasteiger partial charge in [0.1, 0.15) is 5.78 Å². The van der Waals surface area contributed by atoms with Crippen LogP contribution in [-0.2, 0) is 4.79 Å². The number of rotatable bonds is 0. The van der Waals surface area contributed by atoms with Gasteiger partial charge in [-0.25, -0.2) is 0 Å². The third-order valence-electron chi connectivity index (χ3n) is 2.08. The van der Waals surface area contributed by atoms with E-state index < -0.39 is 0 Å². The predicted octanol–water partition coefficient (Wildman–Crippen LogP) is 2.86. The van der Waals surface area contributed by atoms with E-state index in [0.29, 0.717) is 5.78 Å². The first-order valence-corrected chi connectivity index (χ1v) is 4.56. The summed E-state index contributed by atoms with van der Waals surface area (Å²) in [5.41, 5.74) is 0. The molecule has 0 amide bonds. The molecule has 0 aromatic carbocycles. The van der Waals surface area contributed by atoms with Crippen LogP contribution in [0.5, 0.6) is 0 Å². The number of hydrogen-bond donors (Lipinski definition) is 0. The van der Waals surface area contributed by atoms with Gasteiger partial charge in [0.15, 0.2) is 0 Å². The zero-order valence-electron chi connectivity index (χ0n) is 7.01. The van der Waals surface area contributed by atoms with Gasteiger partial charge in [0.2, 0.25) is 0 Å². The van der Waals surface area contributed by atoms with E-state index in [2.05, 4.69) is 12.2 Å². The van der Waals surface area contributed by atoms with Crippen molar-refractivity contribution in [2.24, 2.45) is 0 Å². The van der Waals surface area contributed by atoms with Crippen molar-refractivity contribution < 1.29 is 4.79 Å².